The van der Waals surface area contributed by atoms with E-state index in [1.54, 1.807) is 16.8 Å². The highest BCUT2D eigenvalue weighted by atomic mass is 32.2. The van der Waals surface area contributed by atoms with Crippen LogP contribution in [0.25, 0.3) is 16.4 Å². The number of aromatic nitrogens is 3. The second kappa shape index (κ2) is 11.5. The van der Waals surface area contributed by atoms with E-state index in [9.17, 15) is 18.5 Å². The summed E-state index contributed by atoms with van der Waals surface area (Å²) in [6, 6.07) is 9.60. The maximum Gasteiger partial charge on any atom is 0.355 e. The Bertz CT molecular complexity index is 1640. The first kappa shape index (κ1) is 27.9. The van der Waals surface area contributed by atoms with Crippen LogP contribution in [0.15, 0.2) is 46.7 Å². The number of thiazole rings is 1. The molecule has 3 N–H and O–H groups in total. The maximum absolute atomic E-state index is 15.1. The molecule has 2 saturated carbocycles. The van der Waals surface area contributed by atoms with E-state index >= 15 is 4.39 Å². The van der Waals surface area contributed by atoms with E-state index in [1.807, 2.05) is 6.07 Å². The van der Waals surface area contributed by atoms with Crippen molar-refractivity contribution in [3.8, 4) is 16.4 Å². The number of hydrogen-bond donors (Lipinski definition) is 2. The van der Waals surface area contributed by atoms with E-state index in [0.717, 1.165) is 61.8 Å². The third-order valence-corrected chi connectivity index (χ3v) is 9.65. The first-order valence-electron chi connectivity index (χ1n) is 13.8. The van der Waals surface area contributed by atoms with E-state index in [0.29, 0.717) is 40.7 Å². The minimum absolute atomic E-state index is 0.0604. The topological polar surface area (TPSA) is 111 Å². The zero-order chi connectivity index (χ0) is 28.7. The summed E-state index contributed by atoms with van der Waals surface area (Å²) in [7, 11) is -1.95. The lowest BCUT2D eigenvalue weighted by Gasteiger charge is -2.23. The SMILES string of the molecule is NS(=O)c1ccc(Cc2c(-c3ccc(F)c(C4CCCCC4)c3)nn(-c3nc(C(=O)O)cs3)c2CC2CC2)cc1F. The van der Waals surface area contributed by atoms with Gasteiger partial charge in [-0.25, -0.2) is 32.6 Å². The molecule has 2 fully saturated rings. The van der Waals surface area contributed by atoms with Gasteiger partial charge in [-0.2, -0.15) is 5.10 Å². The van der Waals surface area contributed by atoms with Gasteiger partial charge in [0.05, 0.1) is 16.3 Å². The lowest BCUT2D eigenvalue weighted by atomic mass is 9.83. The Labute approximate surface area is 243 Å². The number of carboxylic acids is 1. The lowest BCUT2D eigenvalue weighted by Crippen LogP contribution is -2.07. The fraction of sp³-hybridized carbons (Fsp3) is 0.367. The number of rotatable bonds is 9. The minimum atomic E-state index is -1.95. The number of halogens is 2. The minimum Gasteiger partial charge on any atom is -0.476 e. The molecular formula is C30H30F2N4O3S2. The number of hydrogen-bond acceptors (Lipinski definition) is 5. The average molecular weight is 597 g/mol. The molecule has 11 heteroatoms. The van der Waals surface area contributed by atoms with Gasteiger partial charge in [-0.15, -0.1) is 11.3 Å². The van der Waals surface area contributed by atoms with Crippen molar-refractivity contribution in [2.24, 2.45) is 11.1 Å². The van der Waals surface area contributed by atoms with Gasteiger partial charge in [0.25, 0.3) is 0 Å². The van der Waals surface area contributed by atoms with E-state index in [4.69, 9.17) is 10.2 Å². The number of carboxylic acid groups (broad SMARTS) is 1. The fourth-order valence-electron chi connectivity index (χ4n) is 5.77. The van der Waals surface area contributed by atoms with Crippen molar-refractivity contribution in [3.63, 3.8) is 0 Å². The van der Waals surface area contributed by atoms with Gasteiger partial charge in [-0.05, 0) is 85.4 Å². The standard InChI is InChI=1S/C30H30F2N4O3S2/c31-23-10-9-20(15-21(23)19-4-2-1-3-5-19)28-22(12-18-8-11-27(41(33)39)24(32)13-18)26(14-17-6-7-17)36(35-28)30-34-25(16-40-30)29(37)38/h8-11,13,15-17,19H,1-7,12,14,33H2,(H,37,38). The summed E-state index contributed by atoms with van der Waals surface area (Å²) in [6.07, 6.45) is 8.37. The molecule has 0 radical (unpaired) electrons. The van der Waals surface area contributed by atoms with E-state index < -0.39 is 22.8 Å². The zero-order valence-corrected chi connectivity index (χ0v) is 23.9. The van der Waals surface area contributed by atoms with Crippen LogP contribution in [0.2, 0.25) is 0 Å². The van der Waals surface area contributed by atoms with Crippen LogP contribution in [0.5, 0.6) is 0 Å². The van der Waals surface area contributed by atoms with Crippen LogP contribution in [0.1, 0.15) is 83.7 Å². The molecule has 0 saturated heterocycles. The predicted octanol–water partition coefficient (Wildman–Crippen LogP) is 6.54. The second-order valence-corrected chi connectivity index (χ2v) is 12.8. The molecule has 2 aliphatic rings. The highest BCUT2D eigenvalue weighted by Gasteiger charge is 2.30. The number of nitrogens with zero attached hydrogens (tertiary/aromatic N) is 3. The van der Waals surface area contributed by atoms with E-state index in [1.165, 1.54) is 34.9 Å². The monoisotopic (exact) mass is 596 g/mol. The van der Waals surface area contributed by atoms with Gasteiger partial charge in [0, 0.05) is 22.9 Å². The molecule has 2 heterocycles. The Morgan fingerprint density at radius 1 is 1.07 bits per heavy atom. The van der Waals surface area contributed by atoms with E-state index in [-0.39, 0.29) is 22.3 Å². The highest BCUT2D eigenvalue weighted by molar-refractivity contribution is 7.82. The number of carbonyl (C=O) groups is 1. The molecule has 2 aliphatic carbocycles. The third-order valence-electron chi connectivity index (χ3n) is 8.07. The Balaban J connectivity index is 1.51. The summed E-state index contributed by atoms with van der Waals surface area (Å²) in [5.74, 6) is -1.38. The molecule has 4 aromatic rings. The van der Waals surface area contributed by atoms with Crippen LogP contribution < -0.4 is 5.14 Å². The summed E-state index contributed by atoms with van der Waals surface area (Å²) in [5.41, 5.74) is 4.40. The van der Waals surface area contributed by atoms with Crippen molar-refractivity contribution in [2.45, 2.75) is 68.6 Å². The Hall–Kier alpha value is -3.28. The Morgan fingerprint density at radius 3 is 2.51 bits per heavy atom. The number of aromatic carboxylic acids is 1. The van der Waals surface area contributed by atoms with Gasteiger partial charge >= 0.3 is 5.97 Å². The highest BCUT2D eigenvalue weighted by Crippen LogP contribution is 2.40. The molecule has 0 amide bonds. The van der Waals surface area contributed by atoms with Gasteiger partial charge in [-0.3, -0.25) is 0 Å². The first-order chi connectivity index (χ1) is 19.8. The summed E-state index contributed by atoms with van der Waals surface area (Å²) >= 11 is 1.19. The van der Waals surface area contributed by atoms with Gasteiger partial charge in [0.1, 0.15) is 22.6 Å². The molecule has 41 heavy (non-hydrogen) atoms. The second-order valence-electron chi connectivity index (χ2n) is 11.0. The summed E-state index contributed by atoms with van der Waals surface area (Å²) in [5, 5.41) is 21.8. The third kappa shape index (κ3) is 5.89. The molecule has 1 atom stereocenters. The van der Waals surface area contributed by atoms with E-state index in [2.05, 4.69) is 4.98 Å². The summed E-state index contributed by atoms with van der Waals surface area (Å²) in [4.78, 5) is 15.9. The van der Waals surface area contributed by atoms with Crippen LogP contribution in [0, 0.1) is 17.6 Å². The molecule has 0 spiro atoms. The molecular weight excluding hydrogens is 566 g/mol. The number of benzene rings is 2. The van der Waals surface area contributed by atoms with Crippen LogP contribution >= 0.6 is 11.3 Å². The molecule has 0 bridgehead atoms. The van der Waals surface area contributed by atoms with Gasteiger partial charge < -0.3 is 5.11 Å². The largest absolute Gasteiger partial charge is 0.476 e. The fourth-order valence-corrected chi connectivity index (χ4v) is 6.99. The predicted molar refractivity (Wildman–Crippen MR) is 154 cm³/mol. The summed E-state index contributed by atoms with van der Waals surface area (Å²) in [6.45, 7) is 0. The molecule has 1 unspecified atom stereocenters. The Kier molecular flexibility index (Phi) is 7.84. The first-order valence-corrected chi connectivity index (χ1v) is 15.9. The molecule has 2 aromatic carbocycles. The Morgan fingerprint density at radius 2 is 1.85 bits per heavy atom. The molecule has 2 aromatic heterocycles. The maximum atomic E-state index is 15.1. The van der Waals surface area contributed by atoms with Crippen LogP contribution in [-0.2, 0) is 23.8 Å². The summed E-state index contributed by atoms with van der Waals surface area (Å²) < 4.78 is 43.3. The molecule has 0 aliphatic heterocycles. The van der Waals surface area contributed by atoms with Gasteiger partial charge in [0.2, 0.25) is 5.13 Å². The lowest BCUT2D eigenvalue weighted by molar-refractivity contribution is 0.0691. The number of nitrogens with two attached hydrogens (primary N) is 1. The average Bonchev–Trinajstić information content (AvgIpc) is 3.51. The zero-order valence-electron chi connectivity index (χ0n) is 22.3. The molecule has 6 rings (SSSR count). The van der Waals surface area contributed by atoms with Crippen LogP contribution in [0.4, 0.5) is 8.78 Å². The van der Waals surface area contributed by atoms with Crippen molar-refractivity contribution in [1.82, 2.24) is 14.8 Å². The van der Waals surface area contributed by atoms with Gasteiger partial charge in [-0.1, -0.05) is 25.3 Å². The smallest absolute Gasteiger partial charge is 0.355 e. The van der Waals surface area contributed by atoms with Crippen molar-refractivity contribution < 1.29 is 22.9 Å². The van der Waals surface area contributed by atoms with Gasteiger partial charge in [0.15, 0.2) is 5.69 Å². The van der Waals surface area contributed by atoms with Crippen LogP contribution in [-0.4, -0.2) is 30.0 Å². The molecule has 7 nitrogen and oxygen atoms in total. The quantitative estimate of drug-likeness (QED) is 0.228. The van der Waals surface area contributed by atoms with Crippen molar-refractivity contribution in [1.29, 1.82) is 0 Å². The van der Waals surface area contributed by atoms with Crippen molar-refractivity contribution in [3.05, 3.63) is 81.5 Å². The van der Waals surface area contributed by atoms with Crippen LogP contribution in [0.3, 0.4) is 0 Å². The van der Waals surface area contributed by atoms with Crippen molar-refractivity contribution in [2.75, 3.05) is 0 Å². The molecule has 214 valence electrons. The normalized spacial score (nSPS) is 16.7. The van der Waals surface area contributed by atoms with Crippen molar-refractivity contribution >= 4 is 28.3 Å².